The van der Waals surface area contributed by atoms with Crippen LogP contribution in [-0.4, -0.2) is 9.55 Å². The number of para-hydroxylation sites is 3. The molecular formula is C26H17ClN2. The molecule has 3 aromatic carbocycles. The van der Waals surface area contributed by atoms with Crippen LogP contribution >= 0.6 is 11.6 Å². The van der Waals surface area contributed by atoms with E-state index in [0.29, 0.717) is 0 Å². The summed E-state index contributed by atoms with van der Waals surface area (Å²) in [7, 11) is 0. The van der Waals surface area contributed by atoms with Crippen molar-refractivity contribution in [3.63, 3.8) is 0 Å². The number of benzene rings is 3. The summed E-state index contributed by atoms with van der Waals surface area (Å²) >= 11 is 6.62. The molecule has 0 radical (unpaired) electrons. The highest BCUT2D eigenvalue weighted by molar-refractivity contribution is 6.30. The van der Waals surface area contributed by atoms with Crippen LogP contribution in [0.15, 0.2) is 89.5 Å². The van der Waals surface area contributed by atoms with Gasteiger partial charge in [-0.1, -0.05) is 66.2 Å². The van der Waals surface area contributed by atoms with Crippen LogP contribution in [0.3, 0.4) is 0 Å². The smallest absolute Gasteiger partial charge is 0.134 e. The van der Waals surface area contributed by atoms with Crippen molar-refractivity contribution in [1.29, 1.82) is 0 Å². The first-order valence-electron chi connectivity index (χ1n) is 10.1. The zero-order valence-corrected chi connectivity index (χ0v) is 16.4. The monoisotopic (exact) mass is 392 g/mol. The Labute approximate surface area is 173 Å². The molecule has 2 nitrogen and oxygen atoms in total. The van der Waals surface area contributed by atoms with Gasteiger partial charge in [0.15, 0.2) is 0 Å². The van der Waals surface area contributed by atoms with E-state index in [0.717, 1.165) is 34.7 Å². The molecule has 0 fully saturated rings. The summed E-state index contributed by atoms with van der Waals surface area (Å²) in [4.78, 5) is 5.21. The molecule has 0 saturated carbocycles. The lowest BCUT2D eigenvalue weighted by Gasteiger charge is -2.29. The van der Waals surface area contributed by atoms with Crippen LogP contribution in [0.2, 0.25) is 0 Å². The van der Waals surface area contributed by atoms with E-state index in [1.54, 1.807) is 0 Å². The van der Waals surface area contributed by atoms with E-state index in [1.165, 1.54) is 33.5 Å². The van der Waals surface area contributed by atoms with E-state index < -0.39 is 5.41 Å². The second-order valence-electron chi connectivity index (χ2n) is 8.06. The van der Waals surface area contributed by atoms with Crippen LogP contribution in [0.1, 0.15) is 35.4 Å². The lowest BCUT2D eigenvalue weighted by molar-refractivity contribution is 0.727. The quantitative estimate of drug-likeness (QED) is 0.340. The Morgan fingerprint density at radius 1 is 0.828 bits per heavy atom. The van der Waals surface area contributed by atoms with Crippen molar-refractivity contribution in [2.45, 2.75) is 18.3 Å². The number of allylic oxidation sites excluding steroid dienone is 4. The van der Waals surface area contributed by atoms with Crippen molar-refractivity contribution >= 4 is 28.2 Å². The Kier molecular flexibility index (Phi) is 2.87. The van der Waals surface area contributed by atoms with Crippen LogP contribution < -0.4 is 0 Å². The molecule has 138 valence electrons. The van der Waals surface area contributed by atoms with Gasteiger partial charge < -0.3 is 0 Å². The van der Waals surface area contributed by atoms with Crippen LogP contribution in [0.5, 0.6) is 0 Å². The summed E-state index contributed by atoms with van der Waals surface area (Å²) in [6.07, 6.45) is 4.10. The molecule has 0 saturated heterocycles. The molecule has 1 aromatic heterocycles. The molecule has 7 rings (SSSR count). The Morgan fingerprint density at radius 2 is 1.59 bits per heavy atom. The first kappa shape index (κ1) is 15.8. The van der Waals surface area contributed by atoms with Crippen molar-refractivity contribution < 1.29 is 0 Å². The molecule has 29 heavy (non-hydrogen) atoms. The van der Waals surface area contributed by atoms with Gasteiger partial charge in [0.1, 0.15) is 11.2 Å². The zero-order valence-electron chi connectivity index (χ0n) is 15.7. The molecule has 1 unspecified atom stereocenters. The van der Waals surface area contributed by atoms with Gasteiger partial charge in [-0.2, -0.15) is 0 Å². The standard InChI is InChI=1S/C26H17ClN2/c27-16-13-14-18-17-7-1-2-8-19(17)26(21(18)15-16)20-9-3-5-11-23(20)29-24-12-6-4-10-22(24)28-25(26)29/h1-12,15H,13-14H2. The largest absolute Gasteiger partial charge is 0.295 e. The number of hydrogen-bond acceptors (Lipinski definition) is 1. The van der Waals surface area contributed by atoms with E-state index >= 15 is 0 Å². The normalized spacial score (nSPS) is 21.2. The van der Waals surface area contributed by atoms with Crippen LogP contribution in [0, 0.1) is 0 Å². The number of imidazole rings is 1. The van der Waals surface area contributed by atoms with E-state index in [1.807, 2.05) is 0 Å². The molecule has 0 bridgehead atoms. The summed E-state index contributed by atoms with van der Waals surface area (Å²) in [6, 6.07) is 26.0. The maximum absolute atomic E-state index is 6.62. The van der Waals surface area contributed by atoms with Gasteiger partial charge in [-0.15, -0.1) is 0 Å². The van der Waals surface area contributed by atoms with Gasteiger partial charge >= 0.3 is 0 Å². The molecular weight excluding hydrogens is 376 g/mol. The fourth-order valence-electron chi connectivity index (χ4n) is 5.69. The van der Waals surface area contributed by atoms with Gasteiger partial charge in [0.2, 0.25) is 0 Å². The summed E-state index contributed by atoms with van der Waals surface area (Å²) in [5, 5.41) is 0.933. The second-order valence-corrected chi connectivity index (χ2v) is 8.54. The fraction of sp³-hybridized carbons (Fsp3) is 0.115. The molecule has 2 aliphatic carbocycles. The molecule has 2 heterocycles. The van der Waals surface area contributed by atoms with Gasteiger partial charge in [0.25, 0.3) is 0 Å². The minimum Gasteiger partial charge on any atom is -0.295 e. The maximum Gasteiger partial charge on any atom is 0.134 e. The highest BCUT2D eigenvalue weighted by Gasteiger charge is 2.55. The van der Waals surface area contributed by atoms with Gasteiger partial charge in [-0.25, -0.2) is 4.98 Å². The van der Waals surface area contributed by atoms with Crippen molar-refractivity contribution in [1.82, 2.24) is 9.55 Å². The number of fused-ring (bicyclic) bond motifs is 11. The first-order valence-corrected chi connectivity index (χ1v) is 10.5. The van der Waals surface area contributed by atoms with Crippen molar-refractivity contribution in [3.05, 3.63) is 112 Å². The zero-order chi connectivity index (χ0) is 19.2. The third-order valence-electron chi connectivity index (χ3n) is 6.75. The lowest BCUT2D eigenvalue weighted by atomic mass is 9.71. The minimum absolute atomic E-state index is 0.401. The third kappa shape index (κ3) is 1.73. The van der Waals surface area contributed by atoms with Crippen LogP contribution in [0.4, 0.5) is 0 Å². The van der Waals surface area contributed by atoms with Crippen molar-refractivity contribution in [2.24, 2.45) is 0 Å². The van der Waals surface area contributed by atoms with Crippen molar-refractivity contribution in [3.8, 4) is 5.69 Å². The predicted octanol–water partition coefficient (Wildman–Crippen LogP) is 6.36. The van der Waals surface area contributed by atoms with Gasteiger partial charge in [-0.3, -0.25) is 4.57 Å². The van der Waals surface area contributed by atoms with Crippen molar-refractivity contribution in [2.75, 3.05) is 0 Å². The van der Waals surface area contributed by atoms with Crippen LogP contribution in [-0.2, 0) is 5.41 Å². The Balaban J connectivity index is 1.72. The molecule has 1 spiro atoms. The fourth-order valence-corrected chi connectivity index (χ4v) is 5.89. The highest BCUT2D eigenvalue weighted by atomic mass is 35.5. The highest BCUT2D eigenvalue weighted by Crippen LogP contribution is 2.61. The number of rotatable bonds is 0. The van der Waals surface area contributed by atoms with E-state index in [4.69, 9.17) is 16.6 Å². The van der Waals surface area contributed by atoms with E-state index in [2.05, 4.69) is 83.4 Å². The first-order chi connectivity index (χ1) is 14.3. The molecule has 0 N–H and O–H groups in total. The van der Waals surface area contributed by atoms with Crippen LogP contribution in [0.25, 0.3) is 22.3 Å². The SMILES string of the molecule is ClC1=CC2=C(CC1)c1ccccc1C21c2ccccc2-n2c1nc1ccccc12. The molecule has 1 aliphatic heterocycles. The Bertz CT molecular complexity index is 1420. The summed E-state index contributed by atoms with van der Waals surface area (Å²) in [5.74, 6) is 1.08. The maximum atomic E-state index is 6.62. The minimum atomic E-state index is -0.401. The Hall–Kier alpha value is -3.10. The lowest BCUT2D eigenvalue weighted by Crippen LogP contribution is -2.28. The van der Waals surface area contributed by atoms with E-state index in [-0.39, 0.29) is 0 Å². The van der Waals surface area contributed by atoms with Gasteiger partial charge in [0.05, 0.1) is 16.7 Å². The molecule has 0 amide bonds. The average molecular weight is 393 g/mol. The second kappa shape index (κ2) is 5.28. The van der Waals surface area contributed by atoms with E-state index in [9.17, 15) is 0 Å². The molecule has 1 atom stereocenters. The number of nitrogens with zero attached hydrogens (tertiary/aromatic N) is 2. The van der Waals surface area contributed by atoms with Gasteiger partial charge in [0, 0.05) is 5.03 Å². The summed E-state index contributed by atoms with van der Waals surface area (Å²) in [6.45, 7) is 0. The topological polar surface area (TPSA) is 17.8 Å². The Morgan fingerprint density at radius 3 is 2.52 bits per heavy atom. The summed E-state index contributed by atoms with van der Waals surface area (Å²) in [5.41, 5.74) is 9.70. The number of halogens is 1. The predicted molar refractivity (Wildman–Crippen MR) is 117 cm³/mol. The number of aromatic nitrogens is 2. The molecule has 3 heteroatoms. The summed E-state index contributed by atoms with van der Waals surface area (Å²) < 4.78 is 2.35. The molecule has 3 aliphatic rings. The third-order valence-corrected chi connectivity index (χ3v) is 7.04. The average Bonchev–Trinajstić information content (AvgIpc) is 3.37. The van der Waals surface area contributed by atoms with Gasteiger partial charge in [-0.05, 0) is 65.0 Å². The molecule has 4 aromatic rings. The number of hydrogen-bond donors (Lipinski definition) is 0.